The molecule has 0 fully saturated rings. The Morgan fingerprint density at radius 1 is 1.05 bits per heavy atom. The molecule has 2 aromatic heterocycles. The van der Waals surface area contributed by atoms with Crippen LogP contribution >= 0.6 is 11.3 Å². The van der Waals surface area contributed by atoms with Crippen molar-refractivity contribution in [3.63, 3.8) is 0 Å². The van der Waals surface area contributed by atoms with E-state index in [1.165, 1.54) is 11.3 Å². The fourth-order valence-corrected chi connectivity index (χ4v) is 5.96. The molecule has 0 bridgehead atoms. The Hall–Kier alpha value is -5.46. The molecule has 1 aliphatic rings. The average Bonchev–Trinajstić information content (AvgIpc) is 3.60. The van der Waals surface area contributed by atoms with Crippen LogP contribution in [0.2, 0.25) is 0 Å². The first-order chi connectivity index (χ1) is 20.5. The highest BCUT2D eigenvalue weighted by Gasteiger charge is 2.32. The highest BCUT2D eigenvalue weighted by molar-refractivity contribution is 7.07. The summed E-state index contributed by atoms with van der Waals surface area (Å²) in [6.07, 6.45) is 1.66. The van der Waals surface area contributed by atoms with Crippen molar-refractivity contribution in [3.05, 3.63) is 139 Å². The van der Waals surface area contributed by atoms with Gasteiger partial charge in [0.1, 0.15) is 17.3 Å². The number of para-hydroxylation sites is 1. The molecule has 0 unspecified atom stereocenters. The second-order valence-corrected chi connectivity index (χ2v) is 10.5. The molecule has 42 heavy (non-hydrogen) atoms. The lowest BCUT2D eigenvalue weighted by Crippen LogP contribution is -2.40. The van der Waals surface area contributed by atoms with Crippen LogP contribution in [0.1, 0.15) is 29.9 Å². The minimum atomic E-state index is -0.715. The van der Waals surface area contributed by atoms with E-state index >= 15 is 0 Å². The molecule has 0 spiro atoms. The summed E-state index contributed by atoms with van der Waals surface area (Å²) in [5, 5.41) is 12.4. The molecule has 0 aliphatic carbocycles. The zero-order valence-corrected chi connectivity index (χ0v) is 23.5. The van der Waals surface area contributed by atoms with E-state index in [-0.39, 0.29) is 11.5 Å². The van der Waals surface area contributed by atoms with Crippen molar-refractivity contribution in [2.24, 2.45) is 4.99 Å². The normalized spacial score (nSPS) is 14.6. The number of hydrogen-bond donors (Lipinski definition) is 1. The minimum absolute atomic E-state index is 0.299. The number of nitriles is 1. The maximum atomic E-state index is 14.0. The van der Waals surface area contributed by atoms with Crippen LogP contribution in [0.3, 0.4) is 0 Å². The molecule has 206 valence electrons. The van der Waals surface area contributed by atoms with Gasteiger partial charge in [-0.2, -0.15) is 5.26 Å². The molecule has 8 nitrogen and oxygen atoms in total. The number of anilines is 1. The van der Waals surface area contributed by atoms with Gasteiger partial charge in [0.2, 0.25) is 0 Å². The minimum Gasteiger partial charge on any atom is -0.497 e. The number of methoxy groups -OCH3 is 1. The van der Waals surface area contributed by atoms with Gasteiger partial charge >= 0.3 is 0 Å². The third-order valence-corrected chi connectivity index (χ3v) is 7.93. The predicted octanol–water partition coefficient (Wildman–Crippen LogP) is 5.01. The van der Waals surface area contributed by atoms with E-state index in [2.05, 4.69) is 16.4 Å². The number of nitrogens with zero attached hydrogens (tertiary/aromatic N) is 3. The molecule has 0 saturated heterocycles. The van der Waals surface area contributed by atoms with Crippen LogP contribution < -0.4 is 24.9 Å². The van der Waals surface area contributed by atoms with Crippen molar-refractivity contribution >= 4 is 29.0 Å². The molecule has 1 atom stereocenters. The quantitative estimate of drug-likeness (QED) is 0.308. The van der Waals surface area contributed by atoms with Gasteiger partial charge in [-0.1, -0.05) is 53.8 Å². The number of amides is 1. The number of aromatic nitrogens is 1. The lowest BCUT2D eigenvalue weighted by Gasteiger charge is -2.25. The van der Waals surface area contributed by atoms with Gasteiger partial charge < -0.3 is 14.5 Å². The summed E-state index contributed by atoms with van der Waals surface area (Å²) in [4.78, 5) is 32.8. The van der Waals surface area contributed by atoms with E-state index in [0.29, 0.717) is 54.7 Å². The van der Waals surface area contributed by atoms with Crippen LogP contribution in [-0.2, 0) is 4.79 Å². The first-order valence-corrected chi connectivity index (χ1v) is 13.9. The fourth-order valence-electron chi connectivity index (χ4n) is 4.93. The van der Waals surface area contributed by atoms with Gasteiger partial charge in [-0.05, 0) is 61.0 Å². The Kier molecular flexibility index (Phi) is 7.13. The third-order valence-electron chi connectivity index (χ3n) is 6.94. The van der Waals surface area contributed by atoms with Crippen LogP contribution in [0.25, 0.3) is 17.4 Å². The predicted molar refractivity (Wildman–Crippen MR) is 161 cm³/mol. The van der Waals surface area contributed by atoms with E-state index in [1.807, 2.05) is 42.5 Å². The molecular formula is C33H24N4O4S. The number of allylic oxidation sites excluding steroid dienone is 1. The Morgan fingerprint density at radius 2 is 1.79 bits per heavy atom. The zero-order valence-electron chi connectivity index (χ0n) is 22.7. The average molecular weight is 573 g/mol. The molecule has 1 amide bonds. The second-order valence-electron chi connectivity index (χ2n) is 9.53. The molecule has 9 heteroatoms. The number of carbonyl (C=O) groups is 1. The van der Waals surface area contributed by atoms with Crippen LogP contribution in [0, 0.1) is 11.3 Å². The van der Waals surface area contributed by atoms with Crippen molar-refractivity contribution in [2.45, 2.75) is 13.0 Å². The number of rotatable bonds is 6. The van der Waals surface area contributed by atoms with E-state index in [9.17, 15) is 14.9 Å². The number of hydrogen-bond acceptors (Lipinski definition) is 7. The molecule has 0 radical (unpaired) electrons. The molecule has 1 N–H and O–H groups in total. The van der Waals surface area contributed by atoms with Crippen molar-refractivity contribution in [1.82, 2.24) is 4.57 Å². The van der Waals surface area contributed by atoms with E-state index < -0.39 is 6.04 Å². The number of furan rings is 1. The summed E-state index contributed by atoms with van der Waals surface area (Å²) in [5.74, 6) is 1.30. The third kappa shape index (κ3) is 4.96. The number of fused-ring (bicyclic) bond motifs is 1. The molecule has 0 saturated carbocycles. The Balaban J connectivity index is 1.46. The number of ether oxygens (including phenoxy) is 1. The van der Waals surface area contributed by atoms with Crippen LogP contribution in [0.5, 0.6) is 5.75 Å². The second kappa shape index (κ2) is 11.2. The topological polar surface area (TPSA) is 110 Å². The number of thiazole rings is 1. The van der Waals surface area contributed by atoms with Crippen molar-refractivity contribution in [2.75, 3.05) is 12.4 Å². The summed E-state index contributed by atoms with van der Waals surface area (Å²) < 4.78 is 13.3. The largest absolute Gasteiger partial charge is 0.497 e. The molecule has 3 heterocycles. The van der Waals surface area contributed by atoms with Gasteiger partial charge in [-0.3, -0.25) is 14.2 Å². The van der Waals surface area contributed by atoms with Gasteiger partial charge in [0.05, 0.1) is 40.6 Å². The number of carbonyl (C=O) groups excluding carboxylic acids is 1. The highest BCUT2D eigenvalue weighted by Crippen LogP contribution is 2.32. The SMILES string of the molecule is COc1ccc([C@@H]2C(C(=O)Nc3ccccc3)=C(C)N=c3s/c(=C/c4ccc(-c5ccccc5C#N)o4)c(=O)n32)cc1. The molecule has 3 aromatic carbocycles. The van der Waals surface area contributed by atoms with E-state index in [4.69, 9.17) is 9.15 Å². The van der Waals surface area contributed by atoms with Crippen LogP contribution in [0.4, 0.5) is 5.69 Å². The monoisotopic (exact) mass is 572 g/mol. The molecule has 6 rings (SSSR count). The lowest BCUT2D eigenvalue weighted by molar-refractivity contribution is -0.113. The Bertz CT molecular complexity index is 2060. The lowest BCUT2D eigenvalue weighted by atomic mass is 9.95. The van der Waals surface area contributed by atoms with Gasteiger partial charge in [-0.15, -0.1) is 0 Å². The smallest absolute Gasteiger partial charge is 0.271 e. The standard InChI is InChI=1S/C33H24N4O4S/c1-20-29(31(38)36-23-9-4-3-5-10-23)30(21-12-14-24(40-2)15-13-21)37-32(39)28(42-33(37)35-20)18-25-16-17-27(41-25)26-11-7-6-8-22(26)19-34/h3-18,30H,1-2H3,(H,36,38)/b28-18+/t30-/m1/s1. The van der Waals surface area contributed by atoms with Crippen LogP contribution in [-0.4, -0.2) is 17.6 Å². The number of nitrogens with one attached hydrogen (secondary N) is 1. The zero-order chi connectivity index (χ0) is 29.2. The first-order valence-electron chi connectivity index (χ1n) is 13.1. The molecule has 5 aromatic rings. The van der Waals surface area contributed by atoms with Crippen LogP contribution in [0.15, 0.2) is 116 Å². The summed E-state index contributed by atoms with van der Waals surface area (Å²) in [6.45, 7) is 1.78. The summed E-state index contributed by atoms with van der Waals surface area (Å²) >= 11 is 1.22. The Morgan fingerprint density at radius 3 is 2.52 bits per heavy atom. The van der Waals surface area contributed by atoms with Gasteiger partial charge in [0.25, 0.3) is 11.5 Å². The van der Waals surface area contributed by atoms with E-state index in [1.54, 1.807) is 73.2 Å². The summed E-state index contributed by atoms with van der Waals surface area (Å²) in [7, 11) is 1.58. The van der Waals surface area contributed by atoms with Crippen molar-refractivity contribution in [3.8, 4) is 23.1 Å². The van der Waals surface area contributed by atoms with E-state index in [0.717, 1.165) is 5.56 Å². The Labute approximate surface area is 244 Å². The van der Waals surface area contributed by atoms with Crippen molar-refractivity contribution in [1.29, 1.82) is 5.26 Å². The van der Waals surface area contributed by atoms with Gasteiger partial charge in [0.15, 0.2) is 4.80 Å². The highest BCUT2D eigenvalue weighted by atomic mass is 32.1. The number of benzene rings is 3. The molecule has 1 aliphatic heterocycles. The summed E-state index contributed by atoms with van der Waals surface area (Å²) in [6, 6.07) is 28.6. The summed E-state index contributed by atoms with van der Waals surface area (Å²) in [5.41, 5.74) is 3.14. The fraction of sp³-hybridized carbons (Fsp3) is 0.0909. The van der Waals surface area contributed by atoms with Gasteiger partial charge in [0, 0.05) is 17.3 Å². The maximum Gasteiger partial charge on any atom is 0.271 e. The van der Waals surface area contributed by atoms with Gasteiger partial charge in [-0.25, -0.2) is 4.99 Å². The van der Waals surface area contributed by atoms with Crippen molar-refractivity contribution < 1.29 is 13.9 Å². The first kappa shape index (κ1) is 26.7. The molecular weight excluding hydrogens is 548 g/mol. The maximum absolute atomic E-state index is 14.0.